The number of hydrogen-bond acceptors (Lipinski definition) is 1. The van der Waals surface area contributed by atoms with Crippen LogP contribution in [0.1, 0.15) is 41.5 Å². The Balaban J connectivity index is 2.95. The number of aliphatic hydroxyl groups is 1. The molecule has 1 heteroatoms. The van der Waals surface area contributed by atoms with Crippen LogP contribution in [0.25, 0.3) is 0 Å². The Bertz CT molecular complexity index is 171. The average molecular weight is 170 g/mol. The van der Waals surface area contributed by atoms with E-state index in [1.807, 2.05) is 0 Å². The molecule has 0 saturated heterocycles. The molecule has 1 atom stereocenters. The highest BCUT2D eigenvalue weighted by Gasteiger charge is 2.72. The topological polar surface area (TPSA) is 20.2 Å². The van der Waals surface area contributed by atoms with Crippen molar-refractivity contribution in [2.75, 3.05) is 0 Å². The molecule has 1 fully saturated rings. The van der Waals surface area contributed by atoms with Crippen LogP contribution in [0.2, 0.25) is 0 Å². The van der Waals surface area contributed by atoms with Crippen LogP contribution >= 0.6 is 0 Å². The molecular weight excluding hydrogens is 148 g/mol. The lowest BCUT2D eigenvalue weighted by Gasteiger charge is -2.28. The van der Waals surface area contributed by atoms with Crippen molar-refractivity contribution in [3.05, 3.63) is 0 Å². The summed E-state index contributed by atoms with van der Waals surface area (Å²) < 4.78 is 0. The lowest BCUT2D eigenvalue weighted by molar-refractivity contribution is 0.142. The summed E-state index contributed by atoms with van der Waals surface area (Å²) in [6.07, 6.45) is -0.106. The summed E-state index contributed by atoms with van der Waals surface area (Å²) >= 11 is 0. The highest BCUT2D eigenvalue weighted by Crippen LogP contribution is 2.70. The molecule has 1 aliphatic carbocycles. The van der Waals surface area contributed by atoms with Gasteiger partial charge in [0.05, 0.1) is 6.10 Å². The van der Waals surface area contributed by atoms with Gasteiger partial charge in [0.2, 0.25) is 0 Å². The Labute approximate surface area is 76.2 Å². The van der Waals surface area contributed by atoms with E-state index in [1.54, 1.807) is 0 Å². The number of rotatable bonds is 2. The first-order valence-electron chi connectivity index (χ1n) is 4.97. The van der Waals surface area contributed by atoms with Gasteiger partial charge >= 0.3 is 0 Å². The third kappa shape index (κ3) is 0.834. The van der Waals surface area contributed by atoms with Crippen molar-refractivity contribution in [2.24, 2.45) is 22.7 Å². The zero-order valence-corrected chi connectivity index (χ0v) is 9.18. The summed E-state index contributed by atoms with van der Waals surface area (Å²) in [6.45, 7) is 13.2. The Kier molecular flexibility index (Phi) is 2.07. The molecule has 1 rings (SSSR count). The number of hydrogen-bond donors (Lipinski definition) is 1. The van der Waals surface area contributed by atoms with Crippen molar-refractivity contribution in [1.82, 2.24) is 0 Å². The normalized spacial score (nSPS) is 31.2. The van der Waals surface area contributed by atoms with Crippen molar-refractivity contribution in [3.63, 3.8) is 0 Å². The van der Waals surface area contributed by atoms with Gasteiger partial charge in [-0.2, -0.15) is 0 Å². The molecule has 1 N–H and O–H groups in total. The molecule has 1 aliphatic rings. The van der Waals surface area contributed by atoms with Gasteiger partial charge in [-0.25, -0.2) is 0 Å². The molecule has 0 heterocycles. The minimum Gasteiger partial charge on any atom is -0.392 e. The summed E-state index contributed by atoms with van der Waals surface area (Å²) in [5, 5.41) is 9.95. The van der Waals surface area contributed by atoms with Gasteiger partial charge in [-0.1, -0.05) is 41.5 Å². The molecule has 1 unspecified atom stereocenters. The zero-order chi connectivity index (χ0) is 9.73. The van der Waals surface area contributed by atoms with Crippen molar-refractivity contribution < 1.29 is 5.11 Å². The maximum atomic E-state index is 9.95. The van der Waals surface area contributed by atoms with Crippen molar-refractivity contribution in [1.29, 1.82) is 0 Å². The van der Waals surface area contributed by atoms with Gasteiger partial charge in [0, 0.05) is 5.41 Å². The molecular formula is C11H22O. The fraction of sp³-hybridized carbons (Fsp3) is 1.00. The summed E-state index contributed by atoms with van der Waals surface area (Å²) in [6, 6.07) is 0. The van der Waals surface area contributed by atoms with Crippen LogP contribution < -0.4 is 0 Å². The third-order valence-electron chi connectivity index (χ3n) is 4.08. The molecule has 1 saturated carbocycles. The fourth-order valence-corrected chi connectivity index (χ4v) is 3.59. The highest BCUT2D eigenvalue weighted by atomic mass is 16.3. The molecule has 0 amide bonds. The van der Waals surface area contributed by atoms with Gasteiger partial charge in [-0.3, -0.25) is 0 Å². The smallest absolute Gasteiger partial charge is 0.0664 e. The molecule has 0 aromatic carbocycles. The second kappa shape index (κ2) is 2.47. The molecule has 0 aliphatic heterocycles. The monoisotopic (exact) mass is 170 g/mol. The van der Waals surface area contributed by atoms with Gasteiger partial charge in [-0.05, 0) is 17.3 Å². The van der Waals surface area contributed by atoms with Crippen LogP contribution in [-0.2, 0) is 0 Å². The first-order valence-corrected chi connectivity index (χ1v) is 4.97. The van der Waals surface area contributed by atoms with Gasteiger partial charge in [0.1, 0.15) is 0 Å². The standard InChI is InChI=1S/C11H22O/c1-7(2)11(8(3)4)9(12)10(11,5)6/h7-9,12H,1-6H3. The molecule has 0 spiro atoms. The average Bonchev–Trinajstić information content (AvgIpc) is 2.28. The van der Waals surface area contributed by atoms with E-state index in [2.05, 4.69) is 41.5 Å². The lowest BCUT2D eigenvalue weighted by Crippen LogP contribution is -2.24. The van der Waals surface area contributed by atoms with E-state index in [0.717, 1.165) is 0 Å². The van der Waals surface area contributed by atoms with E-state index < -0.39 is 0 Å². The fourth-order valence-electron chi connectivity index (χ4n) is 3.59. The first kappa shape index (κ1) is 10.0. The Morgan fingerprint density at radius 3 is 1.25 bits per heavy atom. The summed E-state index contributed by atoms with van der Waals surface area (Å²) in [7, 11) is 0. The van der Waals surface area contributed by atoms with Crippen LogP contribution in [0.4, 0.5) is 0 Å². The van der Waals surface area contributed by atoms with Gasteiger partial charge in [-0.15, -0.1) is 0 Å². The van der Waals surface area contributed by atoms with E-state index in [0.29, 0.717) is 11.8 Å². The molecule has 72 valence electrons. The Morgan fingerprint density at radius 2 is 1.25 bits per heavy atom. The highest BCUT2D eigenvalue weighted by molar-refractivity contribution is 5.20. The zero-order valence-electron chi connectivity index (χ0n) is 9.18. The molecule has 0 aromatic rings. The minimum atomic E-state index is -0.106. The van der Waals surface area contributed by atoms with Crippen LogP contribution in [0, 0.1) is 22.7 Å². The second-order valence-corrected chi connectivity index (χ2v) is 5.37. The van der Waals surface area contributed by atoms with E-state index >= 15 is 0 Å². The number of aliphatic hydroxyl groups excluding tert-OH is 1. The van der Waals surface area contributed by atoms with E-state index in [-0.39, 0.29) is 16.9 Å². The van der Waals surface area contributed by atoms with Crippen molar-refractivity contribution in [3.8, 4) is 0 Å². The molecule has 1 nitrogen and oxygen atoms in total. The molecule has 12 heavy (non-hydrogen) atoms. The van der Waals surface area contributed by atoms with E-state index in [4.69, 9.17) is 0 Å². The maximum Gasteiger partial charge on any atom is 0.0664 e. The minimum absolute atomic E-state index is 0.106. The largest absolute Gasteiger partial charge is 0.392 e. The summed E-state index contributed by atoms with van der Waals surface area (Å²) in [5.74, 6) is 1.14. The van der Waals surface area contributed by atoms with E-state index in [1.165, 1.54) is 0 Å². The third-order valence-corrected chi connectivity index (χ3v) is 4.08. The Hall–Kier alpha value is -0.0400. The van der Waals surface area contributed by atoms with Gasteiger partial charge < -0.3 is 5.11 Å². The SMILES string of the molecule is CC(C)C1(C(C)C)C(O)C1(C)C. The first-order chi connectivity index (χ1) is 5.29. The second-order valence-electron chi connectivity index (χ2n) is 5.37. The molecule has 0 aromatic heterocycles. The Morgan fingerprint density at radius 1 is 1.00 bits per heavy atom. The van der Waals surface area contributed by atoms with Crippen molar-refractivity contribution in [2.45, 2.75) is 47.6 Å². The maximum absolute atomic E-state index is 9.95. The van der Waals surface area contributed by atoms with Crippen LogP contribution in [0.5, 0.6) is 0 Å². The van der Waals surface area contributed by atoms with Crippen LogP contribution in [0.15, 0.2) is 0 Å². The lowest BCUT2D eigenvalue weighted by atomic mass is 9.76. The quantitative estimate of drug-likeness (QED) is 0.675. The van der Waals surface area contributed by atoms with Crippen LogP contribution in [-0.4, -0.2) is 11.2 Å². The summed E-state index contributed by atoms with van der Waals surface area (Å²) in [4.78, 5) is 0. The van der Waals surface area contributed by atoms with Gasteiger partial charge in [0.25, 0.3) is 0 Å². The van der Waals surface area contributed by atoms with Gasteiger partial charge in [0.15, 0.2) is 0 Å². The molecule has 0 radical (unpaired) electrons. The molecule has 0 bridgehead atoms. The van der Waals surface area contributed by atoms with Crippen molar-refractivity contribution >= 4 is 0 Å². The predicted molar refractivity (Wildman–Crippen MR) is 51.9 cm³/mol. The van der Waals surface area contributed by atoms with E-state index in [9.17, 15) is 5.11 Å². The predicted octanol–water partition coefficient (Wildman–Crippen LogP) is 2.69. The van der Waals surface area contributed by atoms with Crippen LogP contribution in [0.3, 0.4) is 0 Å². The summed E-state index contributed by atoms with van der Waals surface area (Å²) in [5.41, 5.74) is 0.280.